The zero-order valence-corrected chi connectivity index (χ0v) is 19.1. The molecule has 0 aliphatic carbocycles. The van der Waals surface area contributed by atoms with Crippen LogP contribution in [-0.4, -0.2) is 38.0 Å². The van der Waals surface area contributed by atoms with E-state index in [1.165, 1.54) is 42.5 Å². The first-order valence-corrected chi connectivity index (χ1v) is 11.5. The minimum Gasteiger partial charge on any atom is -0.350 e. The van der Waals surface area contributed by atoms with Gasteiger partial charge in [0.2, 0.25) is 15.9 Å². The summed E-state index contributed by atoms with van der Waals surface area (Å²) in [6, 6.07) is 13.4. The van der Waals surface area contributed by atoms with Crippen LogP contribution in [0.3, 0.4) is 0 Å². The molecule has 8 heteroatoms. The fourth-order valence-electron chi connectivity index (χ4n) is 2.77. The van der Waals surface area contributed by atoms with Crippen molar-refractivity contribution in [2.75, 3.05) is 13.6 Å². The zero-order chi connectivity index (χ0) is 21.6. The molecule has 2 aromatic rings. The minimum atomic E-state index is -3.66. The van der Waals surface area contributed by atoms with Crippen molar-refractivity contribution in [1.29, 1.82) is 0 Å². The smallest absolute Gasteiger partial charge is 0.242 e. The van der Waals surface area contributed by atoms with Crippen LogP contribution in [0, 0.1) is 0 Å². The first-order chi connectivity index (χ1) is 13.6. The molecule has 1 N–H and O–H groups in total. The third-order valence-electron chi connectivity index (χ3n) is 4.59. The summed E-state index contributed by atoms with van der Waals surface area (Å²) < 4.78 is 27.4. The van der Waals surface area contributed by atoms with E-state index in [9.17, 15) is 18.0 Å². The number of ketones is 1. The van der Waals surface area contributed by atoms with Crippen LogP contribution in [0.5, 0.6) is 0 Å². The molecule has 0 aromatic heterocycles. The van der Waals surface area contributed by atoms with Crippen LogP contribution in [0.1, 0.15) is 48.7 Å². The molecule has 0 aliphatic heterocycles. The molecule has 0 saturated heterocycles. The molecule has 2 aromatic carbocycles. The number of rotatable bonds is 9. The number of nitrogens with zero attached hydrogens (tertiary/aromatic N) is 1. The molecule has 0 heterocycles. The van der Waals surface area contributed by atoms with Gasteiger partial charge in [-0.3, -0.25) is 9.59 Å². The quantitative estimate of drug-likeness (QED) is 0.551. The molecule has 0 fully saturated rings. The average molecular weight is 481 g/mol. The van der Waals surface area contributed by atoms with E-state index in [-0.39, 0.29) is 35.6 Å². The Balaban J connectivity index is 1.86. The van der Waals surface area contributed by atoms with Crippen LogP contribution >= 0.6 is 15.9 Å². The van der Waals surface area contributed by atoms with Crippen molar-refractivity contribution in [1.82, 2.24) is 9.62 Å². The van der Waals surface area contributed by atoms with Gasteiger partial charge in [0.1, 0.15) is 0 Å². The predicted molar refractivity (Wildman–Crippen MR) is 116 cm³/mol. The van der Waals surface area contributed by atoms with E-state index in [2.05, 4.69) is 21.2 Å². The van der Waals surface area contributed by atoms with Gasteiger partial charge in [0.25, 0.3) is 0 Å². The predicted octanol–water partition coefficient (Wildman–Crippen LogP) is 3.93. The van der Waals surface area contributed by atoms with Crippen LogP contribution in [0.2, 0.25) is 0 Å². The maximum absolute atomic E-state index is 12.6. The van der Waals surface area contributed by atoms with Gasteiger partial charge < -0.3 is 5.32 Å². The van der Waals surface area contributed by atoms with Gasteiger partial charge in [-0.15, -0.1) is 0 Å². The molecule has 0 saturated carbocycles. The average Bonchev–Trinajstić information content (AvgIpc) is 2.68. The molecule has 0 radical (unpaired) electrons. The Hall–Kier alpha value is -2.03. The molecule has 0 aliphatic rings. The van der Waals surface area contributed by atoms with Crippen molar-refractivity contribution >= 4 is 37.6 Å². The van der Waals surface area contributed by atoms with Crippen LogP contribution < -0.4 is 5.32 Å². The lowest BCUT2D eigenvalue weighted by atomic mass is 10.1. The number of hydrogen-bond acceptors (Lipinski definition) is 4. The van der Waals surface area contributed by atoms with Gasteiger partial charge in [-0.2, -0.15) is 0 Å². The van der Waals surface area contributed by atoms with Crippen LogP contribution in [0.25, 0.3) is 0 Å². The molecule has 156 valence electrons. The Morgan fingerprint density at radius 1 is 1.07 bits per heavy atom. The third kappa shape index (κ3) is 6.48. The summed E-state index contributed by atoms with van der Waals surface area (Å²) in [7, 11) is -2.18. The highest BCUT2D eigenvalue weighted by Gasteiger charge is 2.21. The van der Waals surface area contributed by atoms with Gasteiger partial charge in [-0.05, 0) is 50.1 Å². The second kappa shape index (κ2) is 10.1. The highest BCUT2D eigenvalue weighted by Crippen LogP contribution is 2.18. The largest absolute Gasteiger partial charge is 0.350 e. The van der Waals surface area contributed by atoms with E-state index in [0.29, 0.717) is 12.0 Å². The molecular weight excluding hydrogens is 456 g/mol. The molecule has 1 atom stereocenters. The summed E-state index contributed by atoms with van der Waals surface area (Å²) in [4.78, 5) is 23.6. The van der Waals surface area contributed by atoms with E-state index >= 15 is 0 Å². The molecule has 1 amide bonds. The Kier molecular flexibility index (Phi) is 8.13. The van der Waals surface area contributed by atoms with Crippen molar-refractivity contribution in [2.45, 2.75) is 37.6 Å². The molecule has 29 heavy (non-hydrogen) atoms. The fraction of sp³-hybridized carbons (Fsp3) is 0.333. The number of benzene rings is 2. The fourth-order valence-corrected chi connectivity index (χ4v) is 4.25. The van der Waals surface area contributed by atoms with Crippen LogP contribution in [0.4, 0.5) is 0 Å². The van der Waals surface area contributed by atoms with Gasteiger partial charge in [-0.25, -0.2) is 12.7 Å². The number of hydrogen-bond donors (Lipinski definition) is 1. The molecule has 0 bridgehead atoms. The Morgan fingerprint density at radius 2 is 1.66 bits per heavy atom. The lowest BCUT2D eigenvalue weighted by molar-refractivity contribution is -0.121. The number of nitrogens with one attached hydrogen (secondary N) is 1. The number of carbonyl (C=O) groups is 2. The Labute approximate surface area is 180 Å². The summed E-state index contributed by atoms with van der Waals surface area (Å²) in [5.74, 6) is -0.247. The molecule has 6 nitrogen and oxygen atoms in total. The monoisotopic (exact) mass is 480 g/mol. The summed E-state index contributed by atoms with van der Waals surface area (Å²) in [6.45, 7) is 3.55. The first kappa shape index (κ1) is 23.3. The van der Waals surface area contributed by atoms with Gasteiger partial charge in [-0.1, -0.05) is 40.2 Å². The van der Waals surface area contributed by atoms with Crippen molar-refractivity contribution in [2.24, 2.45) is 0 Å². The standard InChI is InChI=1S/C21H25BrN2O4S/c1-15(17-6-10-19(22)11-7-17)23-21(26)5-4-14-24(3)29(27,28)20-12-8-18(9-13-20)16(2)25/h6-13,15H,4-5,14H2,1-3H3,(H,23,26)/t15-/m1/s1. The van der Waals surface area contributed by atoms with Crippen LogP contribution in [-0.2, 0) is 14.8 Å². The molecule has 0 spiro atoms. The first-order valence-electron chi connectivity index (χ1n) is 9.23. The second-order valence-corrected chi connectivity index (χ2v) is 9.81. The Bertz CT molecular complexity index is 957. The van der Waals surface area contributed by atoms with E-state index in [4.69, 9.17) is 0 Å². The Morgan fingerprint density at radius 3 is 2.21 bits per heavy atom. The molecule has 0 unspecified atom stereocenters. The van der Waals surface area contributed by atoms with Gasteiger partial charge >= 0.3 is 0 Å². The summed E-state index contributed by atoms with van der Waals surface area (Å²) >= 11 is 3.38. The maximum atomic E-state index is 12.6. The SMILES string of the molecule is CC(=O)c1ccc(S(=O)(=O)N(C)CCCC(=O)N[C@H](C)c2ccc(Br)cc2)cc1. The second-order valence-electron chi connectivity index (χ2n) is 6.85. The van der Waals surface area contributed by atoms with Crippen molar-refractivity contribution in [3.05, 3.63) is 64.1 Å². The number of amides is 1. The van der Waals surface area contributed by atoms with Gasteiger partial charge in [0, 0.05) is 30.0 Å². The lowest BCUT2D eigenvalue weighted by Crippen LogP contribution is -2.30. The number of carbonyl (C=O) groups excluding carboxylic acids is 2. The number of sulfonamides is 1. The normalized spacial score (nSPS) is 12.6. The maximum Gasteiger partial charge on any atom is 0.242 e. The van der Waals surface area contributed by atoms with Gasteiger partial charge in [0.05, 0.1) is 10.9 Å². The highest BCUT2D eigenvalue weighted by atomic mass is 79.9. The van der Waals surface area contributed by atoms with Crippen molar-refractivity contribution in [3.8, 4) is 0 Å². The summed E-state index contributed by atoms with van der Waals surface area (Å²) in [5.41, 5.74) is 1.46. The van der Waals surface area contributed by atoms with E-state index in [0.717, 1.165) is 10.0 Å². The summed E-state index contributed by atoms with van der Waals surface area (Å²) in [5, 5.41) is 2.92. The van der Waals surface area contributed by atoms with E-state index in [1.54, 1.807) is 0 Å². The number of halogens is 1. The highest BCUT2D eigenvalue weighted by molar-refractivity contribution is 9.10. The molecular formula is C21H25BrN2O4S. The zero-order valence-electron chi connectivity index (χ0n) is 16.7. The van der Waals surface area contributed by atoms with E-state index < -0.39 is 10.0 Å². The summed E-state index contributed by atoms with van der Waals surface area (Å²) in [6.07, 6.45) is 0.629. The van der Waals surface area contributed by atoms with Crippen molar-refractivity contribution < 1.29 is 18.0 Å². The van der Waals surface area contributed by atoms with E-state index in [1.807, 2.05) is 31.2 Å². The van der Waals surface area contributed by atoms with Crippen molar-refractivity contribution in [3.63, 3.8) is 0 Å². The van der Waals surface area contributed by atoms with Crippen LogP contribution in [0.15, 0.2) is 57.9 Å². The number of Topliss-reactive ketones (excluding diaryl/α,β-unsaturated/α-hetero) is 1. The lowest BCUT2D eigenvalue weighted by Gasteiger charge is -2.18. The third-order valence-corrected chi connectivity index (χ3v) is 6.99. The topological polar surface area (TPSA) is 83.6 Å². The van der Waals surface area contributed by atoms with Gasteiger partial charge in [0.15, 0.2) is 5.78 Å². The minimum absolute atomic E-state index is 0.120. The molecule has 2 rings (SSSR count).